The van der Waals surface area contributed by atoms with Crippen LogP contribution in [0.15, 0.2) is 46.7 Å². The SMILES string of the molecule is COc1cc(C2=Nn3c(nnc3-c3cc(C)ccc3OC)SC2)ccc1C. The molecular formula is C20H20N4O2S. The standard InChI is InChI=1S/C20H20N4O2S/c1-12-5-8-17(25-3)15(9-12)19-21-22-20-24(19)23-16(11-27-20)14-7-6-13(2)18(10-14)26-4/h5-10H,11H2,1-4H3. The number of ether oxygens (including phenoxy) is 2. The molecule has 0 N–H and O–H groups in total. The van der Waals surface area contributed by atoms with Gasteiger partial charge in [-0.3, -0.25) is 0 Å². The molecule has 27 heavy (non-hydrogen) atoms. The van der Waals surface area contributed by atoms with Crippen molar-refractivity contribution < 1.29 is 9.47 Å². The van der Waals surface area contributed by atoms with Crippen LogP contribution in [0.1, 0.15) is 16.7 Å². The molecule has 0 spiro atoms. The Kier molecular flexibility index (Phi) is 4.61. The number of hydrogen-bond donors (Lipinski definition) is 0. The molecule has 0 aliphatic carbocycles. The molecule has 138 valence electrons. The van der Waals surface area contributed by atoms with Gasteiger partial charge in [0.15, 0.2) is 5.82 Å². The van der Waals surface area contributed by atoms with Gasteiger partial charge in [0.05, 0.1) is 25.5 Å². The summed E-state index contributed by atoms with van der Waals surface area (Å²) in [7, 11) is 3.34. The summed E-state index contributed by atoms with van der Waals surface area (Å²) in [6, 6.07) is 12.1. The van der Waals surface area contributed by atoms with Crippen LogP contribution in [-0.2, 0) is 0 Å². The van der Waals surface area contributed by atoms with E-state index in [1.807, 2.05) is 44.2 Å². The average molecular weight is 380 g/mol. The van der Waals surface area contributed by atoms with Crippen molar-refractivity contribution in [3.8, 4) is 22.9 Å². The first kappa shape index (κ1) is 17.6. The normalized spacial score (nSPS) is 13.1. The maximum Gasteiger partial charge on any atom is 0.212 e. The lowest BCUT2D eigenvalue weighted by Gasteiger charge is -2.16. The number of aryl methyl sites for hydroxylation is 2. The second-order valence-electron chi connectivity index (χ2n) is 6.34. The second-order valence-corrected chi connectivity index (χ2v) is 7.28. The quantitative estimate of drug-likeness (QED) is 0.686. The molecule has 2 heterocycles. The molecule has 0 radical (unpaired) electrons. The van der Waals surface area contributed by atoms with E-state index in [0.29, 0.717) is 5.82 Å². The fourth-order valence-electron chi connectivity index (χ4n) is 3.03. The fraction of sp³-hybridized carbons (Fsp3) is 0.250. The van der Waals surface area contributed by atoms with Gasteiger partial charge in [-0.05, 0) is 37.6 Å². The highest BCUT2D eigenvalue weighted by Crippen LogP contribution is 2.34. The lowest BCUT2D eigenvalue weighted by Crippen LogP contribution is -2.14. The summed E-state index contributed by atoms with van der Waals surface area (Å²) >= 11 is 1.62. The first-order chi connectivity index (χ1) is 13.1. The molecule has 1 aliphatic heterocycles. The molecule has 2 aromatic carbocycles. The van der Waals surface area contributed by atoms with E-state index in [1.54, 1.807) is 30.7 Å². The Labute approximate surface area is 162 Å². The topological polar surface area (TPSA) is 61.5 Å². The fourth-order valence-corrected chi connectivity index (χ4v) is 3.87. The molecule has 0 fully saturated rings. The molecule has 1 aliphatic rings. The summed E-state index contributed by atoms with van der Waals surface area (Å²) in [6.07, 6.45) is 0. The maximum absolute atomic E-state index is 5.52. The first-order valence-corrected chi connectivity index (χ1v) is 9.55. The van der Waals surface area contributed by atoms with Gasteiger partial charge in [0.25, 0.3) is 0 Å². The maximum atomic E-state index is 5.52. The van der Waals surface area contributed by atoms with Crippen LogP contribution in [-0.4, -0.2) is 40.6 Å². The minimum Gasteiger partial charge on any atom is -0.496 e. The zero-order valence-electron chi connectivity index (χ0n) is 15.7. The Morgan fingerprint density at radius 2 is 1.78 bits per heavy atom. The molecule has 0 saturated carbocycles. The molecule has 0 bridgehead atoms. The molecule has 0 amide bonds. The predicted octanol–water partition coefficient (Wildman–Crippen LogP) is 3.94. The molecule has 1 aromatic heterocycles. The van der Waals surface area contributed by atoms with Gasteiger partial charge in [0, 0.05) is 11.3 Å². The van der Waals surface area contributed by atoms with Crippen LogP contribution in [0.2, 0.25) is 0 Å². The summed E-state index contributed by atoms with van der Waals surface area (Å²) in [5, 5.41) is 14.3. The van der Waals surface area contributed by atoms with Gasteiger partial charge in [-0.15, -0.1) is 10.2 Å². The van der Waals surface area contributed by atoms with E-state index in [1.165, 1.54) is 0 Å². The smallest absolute Gasteiger partial charge is 0.212 e. The number of methoxy groups -OCH3 is 2. The number of nitrogens with zero attached hydrogens (tertiary/aromatic N) is 4. The van der Waals surface area contributed by atoms with Crippen LogP contribution in [0, 0.1) is 13.8 Å². The molecule has 0 unspecified atom stereocenters. The Morgan fingerprint density at radius 3 is 2.56 bits per heavy atom. The Bertz CT molecular complexity index is 1040. The first-order valence-electron chi connectivity index (χ1n) is 8.57. The third-order valence-corrected chi connectivity index (χ3v) is 5.44. The molecule has 3 aromatic rings. The number of hydrogen-bond acceptors (Lipinski definition) is 6. The number of rotatable bonds is 4. The summed E-state index contributed by atoms with van der Waals surface area (Å²) in [5.41, 5.74) is 5.09. The van der Waals surface area contributed by atoms with Crippen molar-refractivity contribution >= 4 is 17.5 Å². The largest absolute Gasteiger partial charge is 0.496 e. The van der Waals surface area contributed by atoms with Crippen molar-refractivity contribution in [1.29, 1.82) is 0 Å². The Balaban J connectivity index is 1.82. The Hall–Kier alpha value is -2.80. The van der Waals surface area contributed by atoms with Gasteiger partial charge in [0.2, 0.25) is 5.16 Å². The van der Waals surface area contributed by atoms with Gasteiger partial charge in [0.1, 0.15) is 11.5 Å². The monoisotopic (exact) mass is 380 g/mol. The minimum absolute atomic E-state index is 0.675. The van der Waals surface area contributed by atoms with E-state index in [4.69, 9.17) is 14.6 Å². The third kappa shape index (κ3) is 3.19. The molecule has 0 saturated heterocycles. The third-order valence-electron chi connectivity index (χ3n) is 4.51. The summed E-state index contributed by atoms with van der Waals surface area (Å²) in [6.45, 7) is 4.07. The second kappa shape index (κ2) is 7.08. The number of benzene rings is 2. The molecular weight excluding hydrogens is 360 g/mol. The van der Waals surface area contributed by atoms with E-state index in [2.05, 4.69) is 16.3 Å². The highest BCUT2D eigenvalue weighted by Gasteiger charge is 2.23. The van der Waals surface area contributed by atoms with Gasteiger partial charge in [-0.2, -0.15) is 9.78 Å². The van der Waals surface area contributed by atoms with Crippen LogP contribution in [0.25, 0.3) is 11.4 Å². The predicted molar refractivity (Wildman–Crippen MR) is 107 cm³/mol. The lowest BCUT2D eigenvalue weighted by atomic mass is 10.1. The molecule has 7 heteroatoms. The molecule has 0 atom stereocenters. The number of fused-ring (bicyclic) bond motifs is 1. The van der Waals surface area contributed by atoms with Crippen LogP contribution in [0.3, 0.4) is 0 Å². The van der Waals surface area contributed by atoms with Crippen LogP contribution in [0.5, 0.6) is 11.5 Å². The Morgan fingerprint density at radius 1 is 0.963 bits per heavy atom. The van der Waals surface area contributed by atoms with Gasteiger partial charge < -0.3 is 9.47 Å². The van der Waals surface area contributed by atoms with E-state index in [0.717, 1.165) is 50.4 Å². The van der Waals surface area contributed by atoms with Crippen molar-refractivity contribution in [3.05, 3.63) is 53.1 Å². The minimum atomic E-state index is 0.675. The van der Waals surface area contributed by atoms with Gasteiger partial charge in [-0.25, -0.2) is 0 Å². The number of thioether (sulfide) groups is 1. The molecule has 4 rings (SSSR count). The van der Waals surface area contributed by atoms with Crippen molar-refractivity contribution in [2.75, 3.05) is 20.0 Å². The summed E-state index contributed by atoms with van der Waals surface area (Å²) in [4.78, 5) is 0. The summed E-state index contributed by atoms with van der Waals surface area (Å²) in [5.74, 6) is 3.01. The van der Waals surface area contributed by atoms with Crippen LogP contribution >= 0.6 is 11.8 Å². The van der Waals surface area contributed by atoms with E-state index >= 15 is 0 Å². The molecule has 6 nitrogen and oxygen atoms in total. The summed E-state index contributed by atoms with van der Waals surface area (Å²) < 4.78 is 12.8. The zero-order valence-corrected chi connectivity index (χ0v) is 16.5. The lowest BCUT2D eigenvalue weighted by molar-refractivity contribution is 0.411. The zero-order chi connectivity index (χ0) is 19.0. The van der Waals surface area contributed by atoms with Crippen molar-refractivity contribution in [3.63, 3.8) is 0 Å². The average Bonchev–Trinajstić information content (AvgIpc) is 3.11. The highest BCUT2D eigenvalue weighted by atomic mass is 32.2. The van der Waals surface area contributed by atoms with Crippen molar-refractivity contribution in [2.45, 2.75) is 19.0 Å². The van der Waals surface area contributed by atoms with Crippen LogP contribution < -0.4 is 9.47 Å². The van der Waals surface area contributed by atoms with Crippen LogP contribution in [0.4, 0.5) is 0 Å². The van der Waals surface area contributed by atoms with E-state index in [-0.39, 0.29) is 0 Å². The van der Waals surface area contributed by atoms with E-state index < -0.39 is 0 Å². The highest BCUT2D eigenvalue weighted by molar-refractivity contribution is 7.99. The van der Waals surface area contributed by atoms with Crippen molar-refractivity contribution in [1.82, 2.24) is 14.9 Å². The van der Waals surface area contributed by atoms with Gasteiger partial charge in [-0.1, -0.05) is 35.5 Å². The van der Waals surface area contributed by atoms with Gasteiger partial charge >= 0.3 is 0 Å². The van der Waals surface area contributed by atoms with E-state index in [9.17, 15) is 0 Å². The van der Waals surface area contributed by atoms with Crippen molar-refractivity contribution in [2.24, 2.45) is 5.10 Å². The number of aromatic nitrogens is 3.